The molecule has 2 aromatic rings. The Balaban J connectivity index is 1.70. The van der Waals surface area contributed by atoms with Crippen molar-refractivity contribution < 1.29 is 0 Å². The normalized spacial score (nSPS) is 24.3. The van der Waals surface area contributed by atoms with Gasteiger partial charge in [-0.25, -0.2) is 4.98 Å². The first-order chi connectivity index (χ1) is 18.1. The van der Waals surface area contributed by atoms with Crippen molar-refractivity contribution in [2.45, 2.75) is 98.7 Å². The molecule has 4 heterocycles. The Labute approximate surface area is 234 Å². The summed E-state index contributed by atoms with van der Waals surface area (Å²) >= 11 is 0. The van der Waals surface area contributed by atoms with Crippen LogP contribution in [0.25, 0.3) is 11.2 Å². The fourth-order valence-electron chi connectivity index (χ4n) is 6.61. The molecular formula is C33H47N5O. The third-order valence-electron chi connectivity index (χ3n) is 8.48. The van der Waals surface area contributed by atoms with E-state index in [-0.39, 0.29) is 16.6 Å². The smallest absolute Gasteiger partial charge is 0.258 e. The maximum atomic E-state index is 13.4. The number of piperidine rings is 1. The highest BCUT2D eigenvalue weighted by Crippen LogP contribution is 2.34. The largest absolute Gasteiger partial charge is 0.370 e. The van der Waals surface area contributed by atoms with Crippen molar-refractivity contribution in [3.63, 3.8) is 0 Å². The standard InChI is InChI=1S/C33H47N5O/c1-12-28-27(24(6)20(2)13-23(5)34-28)15-21(3)29-16-30(39)38-19-25(14-22(4)31(38)35-29)37(11)26-17-32(7,8)36-33(9,10)18-26/h13-16,19-20,24,26,36H,3,12,17-18H2,1-2,4-11H3/b27-15+. The summed E-state index contributed by atoms with van der Waals surface area (Å²) in [4.78, 5) is 25.6. The molecule has 0 bridgehead atoms. The van der Waals surface area contributed by atoms with Gasteiger partial charge in [0, 0.05) is 47.8 Å². The predicted molar refractivity (Wildman–Crippen MR) is 166 cm³/mol. The molecule has 1 saturated heterocycles. The van der Waals surface area contributed by atoms with Gasteiger partial charge in [0.25, 0.3) is 5.56 Å². The van der Waals surface area contributed by atoms with Gasteiger partial charge in [0.05, 0.1) is 11.4 Å². The second-order valence-corrected chi connectivity index (χ2v) is 13.1. The van der Waals surface area contributed by atoms with E-state index in [0.29, 0.717) is 29.2 Å². The minimum Gasteiger partial charge on any atom is -0.370 e. The summed E-state index contributed by atoms with van der Waals surface area (Å²) in [7, 11) is 2.14. The number of hydrogen-bond acceptors (Lipinski definition) is 5. The topological polar surface area (TPSA) is 62.0 Å². The molecule has 6 heteroatoms. The monoisotopic (exact) mass is 529 g/mol. The van der Waals surface area contributed by atoms with E-state index in [2.05, 4.69) is 97.5 Å². The van der Waals surface area contributed by atoms with Crippen molar-refractivity contribution in [2.75, 3.05) is 11.9 Å². The fraction of sp³-hybridized carbons (Fsp3) is 0.545. The van der Waals surface area contributed by atoms with Gasteiger partial charge in [-0.3, -0.25) is 14.2 Å². The Hall–Kier alpha value is -2.99. The highest BCUT2D eigenvalue weighted by Gasteiger charge is 2.39. The molecule has 39 heavy (non-hydrogen) atoms. The van der Waals surface area contributed by atoms with Crippen molar-refractivity contribution in [3.8, 4) is 0 Å². The Kier molecular flexibility index (Phi) is 7.83. The number of anilines is 1. The Morgan fingerprint density at radius 1 is 1.18 bits per heavy atom. The van der Waals surface area contributed by atoms with Gasteiger partial charge in [-0.2, -0.15) is 0 Å². The number of nitrogens with one attached hydrogen (secondary N) is 1. The van der Waals surface area contributed by atoms with Crippen LogP contribution < -0.4 is 15.8 Å². The summed E-state index contributed by atoms with van der Waals surface area (Å²) < 4.78 is 1.69. The second-order valence-electron chi connectivity index (χ2n) is 13.1. The van der Waals surface area contributed by atoms with Crippen LogP contribution in [0.4, 0.5) is 5.69 Å². The van der Waals surface area contributed by atoms with Crippen molar-refractivity contribution in [2.24, 2.45) is 16.8 Å². The summed E-state index contributed by atoms with van der Waals surface area (Å²) in [6, 6.07) is 4.13. The lowest BCUT2D eigenvalue weighted by Gasteiger charge is -2.49. The maximum absolute atomic E-state index is 13.4. The number of aromatic nitrogens is 2. The summed E-state index contributed by atoms with van der Waals surface area (Å²) in [5.41, 5.74) is 7.31. The molecule has 4 rings (SSSR count). The molecule has 0 amide bonds. The van der Waals surface area contributed by atoms with E-state index >= 15 is 0 Å². The van der Waals surface area contributed by atoms with Crippen LogP contribution in [0.5, 0.6) is 0 Å². The number of rotatable bonds is 5. The van der Waals surface area contributed by atoms with Crippen LogP contribution in [-0.4, -0.2) is 39.3 Å². The minimum atomic E-state index is -0.0944. The molecule has 2 aliphatic heterocycles. The van der Waals surface area contributed by atoms with E-state index < -0.39 is 0 Å². The Bertz CT molecular complexity index is 1420. The number of aryl methyl sites for hydroxylation is 1. The van der Waals surface area contributed by atoms with Gasteiger partial charge in [-0.15, -0.1) is 0 Å². The molecule has 0 saturated carbocycles. The average Bonchev–Trinajstić information content (AvgIpc) is 2.92. The maximum Gasteiger partial charge on any atom is 0.258 e. The minimum absolute atomic E-state index is 0.0402. The van der Waals surface area contributed by atoms with E-state index in [1.165, 1.54) is 5.57 Å². The van der Waals surface area contributed by atoms with E-state index in [0.717, 1.165) is 47.5 Å². The number of pyridine rings is 1. The van der Waals surface area contributed by atoms with Gasteiger partial charge in [0.15, 0.2) is 0 Å². The SMILES string of the molecule is C=C(/C=C1/C(CC)=NC(C)=CC(C)C1C)c1cc(=O)n2cc(N(C)C3CC(C)(C)NC(C)(C)C3)cc(C)c2n1. The van der Waals surface area contributed by atoms with Gasteiger partial charge in [-0.05, 0) is 101 Å². The highest BCUT2D eigenvalue weighted by molar-refractivity contribution is 6.03. The van der Waals surface area contributed by atoms with Crippen LogP contribution in [-0.2, 0) is 0 Å². The first kappa shape index (κ1) is 29.0. The lowest BCUT2D eigenvalue weighted by Crippen LogP contribution is -2.61. The third kappa shape index (κ3) is 6.11. The summed E-state index contributed by atoms with van der Waals surface area (Å²) in [6.45, 7) is 24.1. The number of aliphatic imine (C=N–C) groups is 1. The third-order valence-corrected chi connectivity index (χ3v) is 8.48. The van der Waals surface area contributed by atoms with Crippen molar-refractivity contribution >= 4 is 22.6 Å². The summed E-state index contributed by atoms with van der Waals surface area (Å²) in [5.74, 6) is 0.657. The molecule has 2 atom stereocenters. The molecule has 2 aromatic heterocycles. The Morgan fingerprint density at radius 3 is 2.44 bits per heavy atom. The lowest BCUT2D eigenvalue weighted by atomic mass is 9.79. The van der Waals surface area contributed by atoms with Crippen LogP contribution in [0.2, 0.25) is 0 Å². The number of fused-ring (bicyclic) bond motifs is 1. The van der Waals surface area contributed by atoms with Crippen molar-refractivity contribution in [1.82, 2.24) is 14.7 Å². The molecule has 0 radical (unpaired) electrons. The van der Waals surface area contributed by atoms with E-state index in [4.69, 9.17) is 9.98 Å². The van der Waals surface area contributed by atoms with Crippen LogP contribution in [0.3, 0.4) is 0 Å². The summed E-state index contributed by atoms with van der Waals surface area (Å²) in [5, 5.41) is 3.77. The van der Waals surface area contributed by atoms with Crippen LogP contribution >= 0.6 is 0 Å². The highest BCUT2D eigenvalue weighted by atomic mass is 16.1. The van der Waals surface area contributed by atoms with Gasteiger partial charge >= 0.3 is 0 Å². The van der Waals surface area contributed by atoms with Crippen LogP contribution in [0.1, 0.15) is 85.9 Å². The van der Waals surface area contributed by atoms with E-state index in [9.17, 15) is 4.79 Å². The zero-order valence-electron chi connectivity index (χ0n) is 25.6. The van der Waals surface area contributed by atoms with E-state index in [1.54, 1.807) is 10.5 Å². The lowest BCUT2D eigenvalue weighted by molar-refractivity contribution is 0.161. The molecule has 210 valence electrons. The zero-order valence-corrected chi connectivity index (χ0v) is 25.6. The number of nitrogens with zero attached hydrogens (tertiary/aromatic N) is 4. The zero-order chi connectivity index (χ0) is 28.9. The van der Waals surface area contributed by atoms with Crippen molar-refractivity contribution in [3.05, 3.63) is 69.9 Å². The predicted octanol–water partition coefficient (Wildman–Crippen LogP) is 6.73. The van der Waals surface area contributed by atoms with Gasteiger partial charge in [0.2, 0.25) is 0 Å². The quantitative estimate of drug-likeness (QED) is 0.467. The summed E-state index contributed by atoms with van der Waals surface area (Å²) in [6.07, 6.45) is 9.16. The molecule has 2 aliphatic rings. The molecule has 6 nitrogen and oxygen atoms in total. The molecule has 1 fully saturated rings. The van der Waals surface area contributed by atoms with Crippen LogP contribution in [0, 0.1) is 18.8 Å². The van der Waals surface area contributed by atoms with E-state index in [1.807, 2.05) is 13.1 Å². The molecular weight excluding hydrogens is 482 g/mol. The fourth-order valence-corrected chi connectivity index (χ4v) is 6.61. The molecule has 0 aliphatic carbocycles. The van der Waals surface area contributed by atoms with Crippen molar-refractivity contribution in [1.29, 1.82) is 0 Å². The number of allylic oxidation sites excluding steroid dienone is 5. The molecule has 0 spiro atoms. The Morgan fingerprint density at radius 2 is 1.82 bits per heavy atom. The number of hydrogen-bond donors (Lipinski definition) is 1. The van der Waals surface area contributed by atoms with Gasteiger partial charge in [0.1, 0.15) is 5.65 Å². The molecule has 0 aromatic carbocycles. The van der Waals surface area contributed by atoms with Crippen LogP contribution in [0.15, 0.2) is 58.1 Å². The first-order valence-corrected chi connectivity index (χ1v) is 14.3. The van der Waals surface area contributed by atoms with Gasteiger partial charge in [-0.1, -0.05) is 33.4 Å². The molecule has 1 N–H and O–H groups in total. The average molecular weight is 530 g/mol. The van der Waals surface area contributed by atoms with Gasteiger partial charge < -0.3 is 10.2 Å². The second kappa shape index (κ2) is 10.5. The first-order valence-electron chi connectivity index (χ1n) is 14.3. The molecule has 2 unspecified atom stereocenters.